The fourth-order valence-corrected chi connectivity index (χ4v) is 2.31. The number of rotatable bonds is 4. The molecule has 1 heterocycles. The Hall–Kier alpha value is -1.35. The molecular formula is C15H22N2O. The van der Waals surface area contributed by atoms with E-state index in [0.29, 0.717) is 6.54 Å². The lowest BCUT2D eigenvalue weighted by Crippen LogP contribution is -2.42. The number of hydrogen-bond acceptors (Lipinski definition) is 2. The molecule has 1 aliphatic heterocycles. The Morgan fingerprint density at radius 3 is 2.83 bits per heavy atom. The first-order valence-electron chi connectivity index (χ1n) is 6.77. The first-order valence-corrected chi connectivity index (χ1v) is 6.77. The molecule has 0 bridgehead atoms. The van der Waals surface area contributed by atoms with Gasteiger partial charge in [-0.25, -0.2) is 0 Å². The van der Waals surface area contributed by atoms with Crippen molar-refractivity contribution in [2.45, 2.75) is 39.3 Å². The lowest BCUT2D eigenvalue weighted by atomic mass is 10.00. The van der Waals surface area contributed by atoms with Crippen LogP contribution in [0.3, 0.4) is 0 Å². The number of amides is 1. The van der Waals surface area contributed by atoms with Gasteiger partial charge in [-0.1, -0.05) is 31.2 Å². The number of carbonyl (C=O) groups is 1. The average Bonchev–Trinajstić information content (AvgIpc) is 2.38. The lowest BCUT2D eigenvalue weighted by molar-refractivity contribution is -0.123. The smallest absolute Gasteiger partial charge is 0.234 e. The van der Waals surface area contributed by atoms with Gasteiger partial charge in [-0.3, -0.25) is 9.69 Å². The van der Waals surface area contributed by atoms with Crippen molar-refractivity contribution in [1.29, 1.82) is 0 Å². The molecule has 0 aliphatic carbocycles. The number of nitrogens with zero attached hydrogens (tertiary/aromatic N) is 1. The van der Waals surface area contributed by atoms with Gasteiger partial charge in [0, 0.05) is 19.1 Å². The molecule has 1 aromatic rings. The fourth-order valence-electron chi connectivity index (χ4n) is 2.31. The van der Waals surface area contributed by atoms with Gasteiger partial charge in [0.2, 0.25) is 5.91 Å². The zero-order chi connectivity index (χ0) is 13.0. The second-order valence-corrected chi connectivity index (χ2v) is 5.11. The molecule has 0 aromatic heterocycles. The van der Waals surface area contributed by atoms with Crippen LogP contribution >= 0.6 is 0 Å². The Kier molecular flexibility index (Phi) is 4.37. The highest BCUT2D eigenvalue weighted by atomic mass is 16.2. The van der Waals surface area contributed by atoms with E-state index < -0.39 is 0 Å². The summed E-state index contributed by atoms with van der Waals surface area (Å²) in [4.78, 5) is 14.1. The number of nitrogens with one attached hydrogen (secondary N) is 1. The van der Waals surface area contributed by atoms with Crippen LogP contribution < -0.4 is 5.32 Å². The van der Waals surface area contributed by atoms with Gasteiger partial charge < -0.3 is 5.32 Å². The van der Waals surface area contributed by atoms with Gasteiger partial charge in [-0.05, 0) is 30.9 Å². The minimum Gasteiger partial charge on any atom is -0.353 e. The zero-order valence-electron chi connectivity index (χ0n) is 11.3. The van der Waals surface area contributed by atoms with Gasteiger partial charge in [-0.2, -0.15) is 0 Å². The van der Waals surface area contributed by atoms with Crippen molar-refractivity contribution in [2.24, 2.45) is 0 Å². The van der Waals surface area contributed by atoms with Crippen LogP contribution in [0, 0.1) is 0 Å². The zero-order valence-corrected chi connectivity index (χ0v) is 11.3. The third-order valence-corrected chi connectivity index (χ3v) is 3.60. The van der Waals surface area contributed by atoms with Gasteiger partial charge in [-0.15, -0.1) is 0 Å². The maximum absolute atomic E-state index is 11.8. The molecule has 1 amide bonds. The molecule has 1 aromatic carbocycles. The molecule has 18 heavy (non-hydrogen) atoms. The van der Waals surface area contributed by atoms with E-state index in [9.17, 15) is 4.79 Å². The molecule has 0 saturated heterocycles. The number of hydrogen-bond donors (Lipinski definition) is 1. The van der Waals surface area contributed by atoms with Crippen molar-refractivity contribution in [1.82, 2.24) is 10.2 Å². The molecule has 0 fully saturated rings. The third-order valence-electron chi connectivity index (χ3n) is 3.60. The summed E-state index contributed by atoms with van der Waals surface area (Å²) in [6, 6.07) is 8.78. The Morgan fingerprint density at radius 2 is 2.11 bits per heavy atom. The standard InChI is InChI=1S/C15H22N2O/c1-3-12(2)16-15(18)11-17-9-8-13-6-4-5-7-14(13)10-17/h4-7,12H,3,8-11H2,1-2H3,(H,16,18). The van der Waals surface area contributed by atoms with E-state index in [-0.39, 0.29) is 11.9 Å². The molecule has 0 radical (unpaired) electrons. The van der Waals surface area contributed by atoms with E-state index in [0.717, 1.165) is 25.9 Å². The van der Waals surface area contributed by atoms with Crippen LogP contribution in [0.2, 0.25) is 0 Å². The molecule has 1 unspecified atom stereocenters. The number of benzene rings is 1. The molecule has 3 heteroatoms. The molecule has 1 atom stereocenters. The van der Waals surface area contributed by atoms with E-state index in [1.165, 1.54) is 11.1 Å². The van der Waals surface area contributed by atoms with Crippen molar-refractivity contribution in [3.05, 3.63) is 35.4 Å². The van der Waals surface area contributed by atoms with E-state index >= 15 is 0 Å². The Bertz CT molecular complexity index is 417. The molecule has 1 aliphatic rings. The Labute approximate surface area is 109 Å². The predicted molar refractivity (Wildman–Crippen MR) is 73.3 cm³/mol. The van der Waals surface area contributed by atoms with Crippen molar-refractivity contribution in [3.63, 3.8) is 0 Å². The average molecular weight is 246 g/mol. The van der Waals surface area contributed by atoms with Gasteiger partial charge in [0.15, 0.2) is 0 Å². The van der Waals surface area contributed by atoms with Crippen LogP contribution in [0.25, 0.3) is 0 Å². The summed E-state index contributed by atoms with van der Waals surface area (Å²) in [6.07, 6.45) is 2.03. The Morgan fingerprint density at radius 1 is 1.39 bits per heavy atom. The van der Waals surface area contributed by atoms with Gasteiger partial charge in [0.25, 0.3) is 0 Å². The van der Waals surface area contributed by atoms with E-state index in [1.807, 2.05) is 6.92 Å². The quantitative estimate of drug-likeness (QED) is 0.881. The van der Waals surface area contributed by atoms with E-state index in [4.69, 9.17) is 0 Å². The van der Waals surface area contributed by atoms with Crippen LogP contribution in [0.4, 0.5) is 0 Å². The van der Waals surface area contributed by atoms with Crippen LogP contribution in [-0.2, 0) is 17.8 Å². The number of fused-ring (bicyclic) bond motifs is 1. The molecular weight excluding hydrogens is 224 g/mol. The van der Waals surface area contributed by atoms with Crippen molar-refractivity contribution in [2.75, 3.05) is 13.1 Å². The van der Waals surface area contributed by atoms with Gasteiger partial charge in [0.1, 0.15) is 0 Å². The topological polar surface area (TPSA) is 32.3 Å². The van der Waals surface area contributed by atoms with Gasteiger partial charge >= 0.3 is 0 Å². The summed E-state index contributed by atoms with van der Waals surface area (Å²) in [5.41, 5.74) is 2.79. The molecule has 3 nitrogen and oxygen atoms in total. The Balaban J connectivity index is 1.88. The first-order chi connectivity index (χ1) is 8.69. The summed E-state index contributed by atoms with van der Waals surface area (Å²) >= 11 is 0. The third kappa shape index (κ3) is 3.33. The summed E-state index contributed by atoms with van der Waals surface area (Å²) in [6.45, 7) is 6.51. The minimum absolute atomic E-state index is 0.142. The number of carbonyl (C=O) groups excluding carboxylic acids is 1. The van der Waals surface area contributed by atoms with Crippen molar-refractivity contribution < 1.29 is 4.79 Å². The highest BCUT2D eigenvalue weighted by Gasteiger charge is 2.18. The lowest BCUT2D eigenvalue weighted by Gasteiger charge is -2.28. The maximum Gasteiger partial charge on any atom is 0.234 e. The van der Waals surface area contributed by atoms with Crippen LogP contribution in [0.1, 0.15) is 31.4 Å². The minimum atomic E-state index is 0.142. The molecule has 2 rings (SSSR count). The SMILES string of the molecule is CCC(C)NC(=O)CN1CCc2ccccc2C1. The highest BCUT2D eigenvalue weighted by Crippen LogP contribution is 2.17. The summed E-state index contributed by atoms with van der Waals surface area (Å²) in [5, 5.41) is 3.02. The first kappa shape index (κ1) is 13.1. The summed E-state index contributed by atoms with van der Waals surface area (Å²) in [5.74, 6) is 0.142. The van der Waals surface area contributed by atoms with Crippen LogP contribution in [0.15, 0.2) is 24.3 Å². The fraction of sp³-hybridized carbons (Fsp3) is 0.533. The summed E-state index contributed by atoms with van der Waals surface area (Å²) in [7, 11) is 0. The van der Waals surface area contributed by atoms with Gasteiger partial charge in [0.05, 0.1) is 6.54 Å². The van der Waals surface area contributed by atoms with Crippen LogP contribution in [0.5, 0.6) is 0 Å². The predicted octanol–water partition coefficient (Wildman–Crippen LogP) is 1.96. The summed E-state index contributed by atoms with van der Waals surface area (Å²) < 4.78 is 0. The van der Waals surface area contributed by atoms with Crippen molar-refractivity contribution in [3.8, 4) is 0 Å². The highest BCUT2D eigenvalue weighted by molar-refractivity contribution is 5.78. The normalized spacial score (nSPS) is 17.0. The molecule has 0 saturated carbocycles. The monoisotopic (exact) mass is 246 g/mol. The van der Waals surface area contributed by atoms with Crippen LogP contribution in [-0.4, -0.2) is 29.9 Å². The second kappa shape index (κ2) is 6.01. The molecule has 98 valence electrons. The van der Waals surface area contributed by atoms with Crippen molar-refractivity contribution >= 4 is 5.91 Å². The second-order valence-electron chi connectivity index (χ2n) is 5.11. The largest absolute Gasteiger partial charge is 0.353 e. The maximum atomic E-state index is 11.8. The van der Waals surface area contributed by atoms with E-state index in [2.05, 4.69) is 41.4 Å². The molecule has 1 N–H and O–H groups in total. The van der Waals surface area contributed by atoms with E-state index in [1.54, 1.807) is 0 Å². The molecule has 0 spiro atoms.